The zero-order chi connectivity index (χ0) is 15.8. The first-order valence-electron chi connectivity index (χ1n) is 8.08. The number of rotatable bonds is 7. The molecule has 0 aromatic rings. The molecule has 0 radical (unpaired) electrons. The number of carbonyl (C=O) groups excluding carboxylic acids is 2. The predicted octanol–water partition coefficient (Wildman–Crippen LogP) is 1.86. The fourth-order valence-corrected chi connectivity index (χ4v) is 2.78. The van der Waals surface area contributed by atoms with Crippen molar-refractivity contribution in [3.8, 4) is 0 Å². The molecule has 0 saturated heterocycles. The van der Waals surface area contributed by atoms with Crippen LogP contribution in [0.15, 0.2) is 0 Å². The second kappa shape index (κ2) is 9.03. The number of ether oxygens (including phenoxy) is 1. The van der Waals surface area contributed by atoms with Crippen molar-refractivity contribution in [3.05, 3.63) is 0 Å². The first-order chi connectivity index (χ1) is 9.91. The van der Waals surface area contributed by atoms with Gasteiger partial charge in [-0.2, -0.15) is 0 Å². The zero-order valence-corrected chi connectivity index (χ0v) is 13.8. The predicted molar refractivity (Wildman–Crippen MR) is 82.8 cm³/mol. The summed E-state index contributed by atoms with van der Waals surface area (Å²) in [6.07, 6.45) is 5.21. The molecule has 21 heavy (non-hydrogen) atoms. The van der Waals surface area contributed by atoms with Gasteiger partial charge >= 0.3 is 0 Å². The van der Waals surface area contributed by atoms with Crippen LogP contribution in [0.3, 0.4) is 0 Å². The lowest BCUT2D eigenvalue weighted by molar-refractivity contribution is -0.129. The minimum absolute atomic E-state index is 0.0631. The van der Waals surface area contributed by atoms with Gasteiger partial charge in [0.1, 0.15) is 6.04 Å². The maximum Gasteiger partial charge on any atom is 0.242 e. The third-order valence-electron chi connectivity index (χ3n) is 4.07. The van der Waals surface area contributed by atoms with Crippen LogP contribution in [0.1, 0.15) is 53.4 Å². The van der Waals surface area contributed by atoms with Crippen LogP contribution in [0, 0.1) is 11.8 Å². The molecule has 1 rings (SSSR count). The molecule has 0 aromatic carbocycles. The van der Waals surface area contributed by atoms with E-state index < -0.39 is 6.04 Å². The Morgan fingerprint density at radius 1 is 1.24 bits per heavy atom. The molecule has 1 aliphatic carbocycles. The molecule has 1 saturated carbocycles. The van der Waals surface area contributed by atoms with Gasteiger partial charge in [0.2, 0.25) is 11.8 Å². The summed E-state index contributed by atoms with van der Waals surface area (Å²) in [5.74, 6) is 0.349. The second-order valence-corrected chi connectivity index (χ2v) is 6.38. The second-order valence-electron chi connectivity index (χ2n) is 6.38. The van der Waals surface area contributed by atoms with Crippen LogP contribution in [-0.4, -0.2) is 37.1 Å². The van der Waals surface area contributed by atoms with Crippen molar-refractivity contribution in [1.82, 2.24) is 10.6 Å². The van der Waals surface area contributed by atoms with Crippen molar-refractivity contribution in [1.29, 1.82) is 0 Å². The van der Waals surface area contributed by atoms with Gasteiger partial charge in [-0.1, -0.05) is 33.6 Å². The van der Waals surface area contributed by atoms with E-state index in [0.29, 0.717) is 25.2 Å². The summed E-state index contributed by atoms with van der Waals surface area (Å²) in [6.45, 7) is 8.52. The molecular weight excluding hydrogens is 268 g/mol. The molecule has 1 fully saturated rings. The average molecular weight is 298 g/mol. The summed E-state index contributed by atoms with van der Waals surface area (Å²) >= 11 is 0. The maximum atomic E-state index is 12.1. The molecule has 3 atom stereocenters. The summed E-state index contributed by atoms with van der Waals surface area (Å²) in [4.78, 5) is 23.2. The van der Waals surface area contributed by atoms with E-state index in [0.717, 1.165) is 6.42 Å². The van der Waals surface area contributed by atoms with Gasteiger partial charge in [0, 0.05) is 13.5 Å². The Labute approximate surface area is 128 Å². The van der Waals surface area contributed by atoms with Crippen LogP contribution in [0.4, 0.5) is 0 Å². The summed E-state index contributed by atoms with van der Waals surface area (Å²) in [5, 5.41) is 5.53. The van der Waals surface area contributed by atoms with Gasteiger partial charge in [0.05, 0.1) is 12.7 Å². The monoisotopic (exact) mass is 298 g/mol. The van der Waals surface area contributed by atoms with Crippen LogP contribution in [0.5, 0.6) is 0 Å². The van der Waals surface area contributed by atoms with Gasteiger partial charge in [-0.25, -0.2) is 0 Å². The Kier molecular flexibility index (Phi) is 7.72. The summed E-state index contributed by atoms with van der Waals surface area (Å²) in [7, 11) is 0. The molecule has 5 heteroatoms. The number of carbonyl (C=O) groups is 2. The van der Waals surface area contributed by atoms with Crippen molar-refractivity contribution in [2.45, 2.75) is 65.5 Å². The lowest BCUT2D eigenvalue weighted by Gasteiger charge is -2.29. The molecule has 0 spiro atoms. The molecule has 5 nitrogen and oxygen atoms in total. The molecule has 0 unspecified atom stereocenters. The third-order valence-corrected chi connectivity index (χ3v) is 4.07. The number of hydrogen-bond acceptors (Lipinski definition) is 3. The Bertz CT molecular complexity index is 344. The van der Waals surface area contributed by atoms with E-state index in [9.17, 15) is 9.59 Å². The van der Waals surface area contributed by atoms with Crippen molar-refractivity contribution in [3.63, 3.8) is 0 Å². The smallest absolute Gasteiger partial charge is 0.242 e. The molecule has 0 heterocycles. The fraction of sp³-hybridized carbons (Fsp3) is 0.875. The van der Waals surface area contributed by atoms with Gasteiger partial charge in [-0.05, 0) is 24.7 Å². The zero-order valence-electron chi connectivity index (χ0n) is 13.8. The van der Waals surface area contributed by atoms with Crippen LogP contribution in [-0.2, 0) is 14.3 Å². The van der Waals surface area contributed by atoms with E-state index in [4.69, 9.17) is 4.74 Å². The first-order valence-corrected chi connectivity index (χ1v) is 8.08. The Hall–Kier alpha value is -1.10. The molecule has 2 N–H and O–H groups in total. The molecule has 1 aliphatic rings. The van der Waals surface area contributed by atoms with E-state index in [1.54, 1.807) is 0 Å². The third kappa shape index (κ3) is 6.46. The van der Waals surface area contributed by atoms with E-state index in [1.807, 2.05) is 13.8 Å². The molecule has 2 amide bonds. The molecule has 0 aliphatic heterocycles. The van der Waals surface area contributed by atoms with Crippen LogP contribution < -0.4 is 10.6 Å². The molecule has 0 aromatic heterocycles. The highest BCUT2D eigenvalue weighted by Gasteiger charge is 2.23. The normalized spacial score (nSPS) is 23.7. The van der Waals surface area contributed by atoms with E-state index in [2.05, 4.69) is 17.6 Å². The van der Waals surface area contributed by atoms with E-state index in [-0.39, 0.29) is 17.7 Å². The highest BCUT2D eigenvalue weighted by atomic mass is 16.5. The quantitative estimate of drug-likeness (QED) is 0.705. The van der Waals surface area contributed by atoms with Gasteiger partial charge < -0.3 is 15.4 Å². The Balaban J connectivity index is 2.26. The minimum atomic E-state index is -0.476. The van der Waals surface area contributed by atoms with E-state index in [1.165, 1.54) is 26.2 Å². The topological polar surface area (TPSA) is 67.4 Å². The molecule has 122 valence electrons. The van der Waals surface area contributed by atoms with Crippen LogP contribution in [0.2, 0.25) is 0 Å². The van der Waals surface area contributed by atoms with Gasteiger partial charge in [-0.15, -0.1) is 0 Å². The largest absolute Gasteiger partial charge is 0.376 e. The highest BCUT2D eigenvalue weighted by molar-refractivity contribution is 5.86. The van der Waals surface area contributed by atoms with E-state index >= 15 is 0 Å². The number of amides is 2. The minimum Gasteiger partial charge on any atom is -0.376 e. The Morgan fingerprint density at radius 3 is 2.48 bits per heavy atom. The molecule has 0 bridgehead atoms. The van der Waals surface area contributed by atoms with Crippen molar-refractivity contribution < 1.29 is 14.3 Å². The highest BCUT2D eigenvalue weighted by Crippen LogP contribution is 2.25. The lowest BCUT2D eigenvalue weighted by Crippen LogP contribution is -2.49. The van der Waals surface area contributed by atoms with Crippen molar-refractivity contribution >= 4 is 11.8 Å². The standard InChI is InChI=1S/C16H30N2O3/c1-11(2)15(18-13(4)19)16(20)17-9-10-21-14-8-6-5-7-12(14)3/h11-12,14-15H,5-10H2,1-4H3,(H,17,20)(H,18,19)/t12-,14-,15+/m1/s1. The summed E-state index contributed by atoms with van der Waals surface area (Å²) in [5.41, 5.74) is 0. The van der Waals surface area contributed by atoms with Gasteiger partial charge in [-0.3, -0.25) is 9.59 Å². The summed E-state index contributed by atoms with van der Waals surface area (Å²) < 4.78 is 5.86. The fourth-order valence-electron chi connectivity index (χ4n) is 2.78. The first kappa shape index (κ1) is 18.0. The average Bonchev–Trinajstić information content (AvgIpc) is 2.42. The Morgan fingerprint density at radius 2 is 1.90 bits per heavy atom. The van der Waals surface area contributed by atoms with Crippen LogP contribution in [0.25, 0.3) is 0 Å². The number of hydrogen-bond donors (Lipinski definition) is 2. The van der Waals surface area contributed by atoms with Crippen molar-refractivity contribution in [2.24, 2.45) is 11.8 Å². The number of nitrogens with one attached hydrogen (secondary N) is 2. The lowest BCUT2D eigenvalue weighted by atomic mass is 9.88. The van der Waals surface area contributed by atoms with Gasteiger partial charge in [0.15, 0.2) is 0 Å². The maximum absolute atomic E-state index is 12.1. The SMILES string of the molecule is CC(=O)N[C@H](C(=O)NCCO[C@@H]1CCCC[C@H]1C)C(C)C. The van der Waals surface area contributed by atoms with Crippen LogP contribution >= 0.6 is 0 Å². The van der Waals surface area contributed by atoms with Gasteiger partial charge in [0.25, 0.3) is 0 Å². The summed E-state index contributed by atoms with van der Waals surface area (Å²) in [6, 6.07) is -0.476. The molecular formula is C16H30N2O3. The van der Waals surface area contributed by atoms with Crippen molar-refractivity contribution in [2.75, 3.05) is 13.2 Å².